The summed E-state index contributed by atoms with van der Waals surface area (Å²) in [5.41, 5.74) is 2.04. The van der Waals surface area contributed by atoms with Crippen LogP contribution in [0.25, 0.3) is 10.2 Å². The van der Waals surface area contributed by atoms with E-state index in [1.807, 2.05) is 54.6 Å². The molecule has 1 unspecified atom stereocenters. The van der Waals surface area contributed by atoms with Gasteiger partial charge in [-0.2, -0.15) is 0 Å². The maximum absolute atomic E-state index is 12.8. The average molecular weight is 451 g/mol. The zero-order valence-corrected chi connectivity index (χ0v) is 18.0. The number of halogens is 1. The van der Waals surface area contributed by atoms with E-state index in [9.17, 15) is 9.59 Å². The number of nitrogens with one attached hydrogen (secondary N) is 1. The molecule has 0 saturated carbocycles. The fourth-order valence-electron chi connectivity index (χ4n) is 3.17. The first-order valence-electron chi connectivity index (χ1n) is 9.70. The molecule has 1 atom stereocenters. The molecular weight excluding hydrogens is 432 g/mol. The van der Waals surface area contributed by atoms with Gasteiger partial charge in [-0.05, 0) is 29.8 Å². The monoisotopic (exact) mass is 450 g/mol. The first-order valence-corrected chi connectivity index (χ1v) is 10.9. The molecule has 156 valence electrons. The minimum absolute atomic E-state index is 0.00883. The van der Waals surface area contributed by atoms with Crippen molar-refractivity contribution in [3.63, 3.8) is 0 Å². The van der Waals surface area contributed by atoms with E-state index >= 15 is 0 Å². The highest BCUT2D eigenvalue weighted by Gasteiger charge is 2.21. The van der Waals surface area contributed by atoms with E-state index in [0.29, 0.717) is 10.6 Å². The summed E-state index contributed by atoms with van der Waals surface area (Å²) < 4.78 is 6.50. The van der Waals surface area contributed by atoms with Gasteiger partial charge >= 0.3 is 5.97 Å². The number of ether oxygens (including phenoxy) is 1. The Balaban J connectivity index is 1.44. The van der Waals surface area contributed by atoms with Gasteiger partial charge in [-0.25, -0.2) is 4.98 Å². The van der Waals surface area contributed by atoms with Crippen LogP contribution < -0.4 is 5.32 Å². The Hall–Kier alpha value is -3.22. The average Bonchev–Trinajstić information content (AvgIpc) is 3.21. The minimum atomic E-state index is -0.548. The van der Waals surface area contributed by atoms with Crippen LogP contribution in [0.2, 0.25) is 5.02 Å². The number of aromatic nitrogens is 1. The van der Waals surface area contributed by atoms with Crippen LogP contribution in [0.1, 0.15) is 33.4 Å². The Labute approximate surface area is 188 Å². The van der Waals surface area contributed by atoms with Crippen molar-refractivity contribution in [2.24, 2.45) is 0 Å². The first-order chi connectivity index (χ1) is 15.1. The number of nitrogens with zero attached hydrogens (tertiary/aromatic N) is 1. The van der Waals surface area contributed by atoms with Crippen LogP contribution in [-0.4, -0.2) is 16.9 Å². The van der Waals surface area contributed by atoms with E-state index in [2.05, 4.69) is 10.3 Å². The van der Waals surface area contributed by atoms with Gasteiger partial charge in [0, 0.05) is 0 Å². The van der Waals surface area contributed by atoms with E-state index in [1.54, 1.807) is 24.3 Å². The van der Waals surface area contributed by atoms with Crippen LogP contribution in [0.5, 0.6) is 0 Å². The van der Waals surface area contributed by atoms with Crippen molar-refractivity contribution in [1.29, 1.82) is 0 Å². The van der Waals surface area contributed by atoms with Crippen molar-refractivity contribution in [3.05, 3.63) is 100 Å². The van der Waals surface area contributed by atoms with Gasteiger partial charge in [0.15, 0.2) is 0 Å². The largest absolute Gasteiger partial charge is 0.458 e. The van der Waals surface area contributed by atoms with Crippen molar-refractivity contribution in [1.82, 2.24) is 10.3 Å². The zero-order chi connectivity index (χ0) is 21.6. The van der Waals surface area contributed by atoms with Crippen molar-refractivity contribution in [3.8, 4) is 0 Å². The van der Waals surface area contributed by atoms with Crippen molar-refractivity contribution < 1.29 is 14.3 Å². The lowest BCUT2D eigenvalue weighted by atomic mass is 10.0. The van der Waals surface area contributed by atoms with E-state index in [0.717, 1.165) is 20.8 Å². The highest BCUT2D eigenvalue weighted by atomic mass is 35.5. The SMILES string of the molecule is O=C(CC(NC(=O)c1ccccc1Cl)c1ccccc1)OCc1nc2ccccc2s1. The Morgan fingerprint density at radius 1 is 0.968 bits per heavy atom. The molecule has 0 aliphatic heterocycles. The standard InChI is InChI=1S/C24H19ClN2O3S/c25-18-11-5-4-10-17(18)24(29)27-20(16-8-2-1-3-9-16)14-23(28)30-15-22-26-19-12-6-7-13-21(19)31-22/h1-13,20H,14-15H2,(H,27,29). The lowest BCUT2D eigenvalue weighted by Crippen LogP contribution is -2.30. The lowest BCUT2D eigenvalue weighted by Gasteiger charge is -2.19. The number of fused-ring (bicyclic) bond motifs is 1. The quantitative estimate of drug-likeness (QED) is 0.374. The number of benzene rings is 3. The second kappa shape index (κ2) is 9.73. The van der Waals surface area contributed by atoms with Gasteiger partial charge in [0.1, 0.15) is 11.6 Å². The maximum Gasteiger partial charge on any atom is 0.308 e. The molecule has 0 saturated heterocycles. The Morgan fingerprint density at radius 3 is 2.45 bits per heavy atom. The van der Waals surface area contributed by atoms with Gasteiger partial charge < -0.3 is 10.1 Å². The molecule has 4 aromatic rings. The van der Waals surface area contributed by atoms with Crippen LogP contribution in [0.3, 0.4) is 0 Å². The molecule has 1 N–H and O–H groups in total. The second-order valence-electron chi connectivity index (χ2n) is 6.86. The van der Waals surface area contributed by atoms with Gasteiger partial charge in [-0.1, -0.05) is 66.2 Å². The van der Waals surface area contributed by atoms with Gasteiger partial charge in [0.25, 0.3) is 5.91 Å². The molecule has 5 nitrogen and oxygen atoms in total. The summed E-state index contributed by atoms with van der Waals surface area (Å²) in [4.78, 5) is 29.8. The Kier molecular flexibility index (Phi) is 6.60. The molecule has 1 amide bonds. The van der Waals surface area contributed by atoms with E-state index in [-0.39, 0.29) is 18.9 Å². The minimum Gasteiger partial charge on any atom is -0.458 e. The van der Waals surface area contributed by atoms with Crippen LogP contribution in [0.4, 0.5) is 0 Å². The molecular formula is C24H19ClN2O3S. The number of hydrogen-bond donors (Lipinski definition) is 1. The molecule has 0 aliphatic rings. The summed E-state index contributed by atoms with van der Waals surface area (Å²) in [6.45, 7) is 0.0954. The topological polar surface area (TPSA) is 68.3 Å². The normalized spacial score (nSPS) is 11.8. The van der Waals surface area contributed by atoms with Crippen LogP contribution in [0, 0.1) is 0 Å². The van der Waals surface area contributed by atoms with E-state index in [4.69, 9.17) is 16.3 Å². The highest BCUT2D eigenvalue weighted by molar-refractivity contribution is 7.18. The molecule has 0 spiro atoms. The van der Waals surface area contributed by atoms with Gasteiger partial charge in [0.05, 0.1) is 33.3 Å². The number of thiazole rings is 1. The molecule has 1 heterocycles. The molecule has 0 aliphatic carbocycles. The highest BCUT2D eigenvalue weighted by Crippen LogP contribution is 2.24. The number of para-hydroxylation sites is 1. The third-order valence-corrected chi connectivity index (χ3v) is 6.03. The molecule has 0 fully saturated rings. The third-order valence-electron chi connectivity index (χ3n) is 4.69. The van der Waals surface area contributed by atoms with Crippen LogP contribution in [0.15, 0.2) is 78.9 Å². The summed E-state index contributed by atoms with van der Waals surface area (Å²) in [5.74, 6) is -0.772. The Bertz CT molecular complexity index is 1180. The molecule has 7 heteroatoms. The summed E-state index contributed by atoms with van der Waals surface area (Å²) in [5, 5.41) is 3.98. The number of rotatable bonds is 7. The predicted molar refractivity (Wildman–Crippen MR) is 122 cm³/mol. The first kappa shape index (κ1) is 21.0. The van der Waals surface area contributed by atoms with Crippen LogP contribution >= 0.6 is 22.9 Å². The number of esters is 1. The number of hydrogen-bond acceptors (Lipinski definition) is 5. The second-order valence-corrected chi connectivity index (χ2v) is 8.38. The van der Waals surface area contributed by atoms with Crippen molar-refractivity contribution >= 4 is 45.0 Å². The van der Waals surface area contributed by atoms with E-state index in [1.165, 1.54) is 11.3 Å². The van der Waals surface area contributed by atoms with Gasteiger partial charge in [0.2, 0.25) is 0 Å². The summed E-state index contributed by atoms with van der Waals surface area (Å²) in [6, 6.07) is 23.3. The number of carbonyl (C=O) groups is 2. The van der Waals surface area contributed by atoms with Gasteiger partial charge in [-0.15, -0.1) is 11.3 Å². The van der Waals surface area contributed by atoms with Gasteiger partial charge in [-0.3, -0.25) is 9.59 Å². The Morgan fingerprint density at radius 2 is 1.68 bits per heavy atom. The van der Waals surface area contributed by atoms with E-state index < -0.39 is 12.0 Å². The van der Waals surface area contributed by atoms with Crippen molar-refractivity contribution in [2.45, 2.75) is 19.1 Å². The maximum atomic E-state index is 12.8. The fourth-order valence-corrected chi connectivity index (χ4v) is 4.27. The molecule has 3 aromatic carbocycles. The molecule has 1 aromatic heterocycles. The summed E-state index contributed by atoms with van der Waals surface area (Å²) in [6.07, 6.45) is -0.00883. The zero-order valence-electron chi connectivity index (χ0n) is 16.5. The molecule has 0 radical (unpaired) electrons. The summed E-state index contributed by atoms with van der Waals surface area (Å²) >= 11 is 7.64. The van der Waals surface area contributed by atoms with Crippen molar-refractivity contribution in [2.75, 3.05) is 0 Å². The molecule has 4 rings (SSSR count). The predicted octanol–water partition coefficient (Wildman–Crippen LogP) is 5.55. The molecule has 31 heavy (non-hydrogen) atoms. The van der Waals surface area contributed by atoms with Crippen LogP contribution in [-0.2, 0) is 16.1 Å². The smallest absolute Gasteiger partial charge is 0.308 e. The third kappa shape index (κ3) is 5.29. The fraction of sp³-hybridized carbons (Fsp3) is 0.125. The summed E-state index contributed by atoms with van der Waals surface area (Å²) in [7, 11) is 0. The lowest BCUT2D eigenvalue weighted by molar-refractivity contribution is -0.145. The number of carbonyl (C=O) groups excluding carboxylic acids is 2. The molecule has 0 bridgehead atoms. The number of amides is 1.